The molecule has 0 amide bonds. The van der Waals surface area contributed by atoms with Crippen molar-refractivity contribution in [1.29, 1.82) is 0 Å². The summed E-state index contributed by atoms with van der Waals surface area (Å²) in [5, 5.41) is 8.41. The Balaban J connectivity index is 4.50. The van der Waals surface area contributed by atoms with Crippen LogP contribution in [0.3, 0.4) is 0 Å². The van der Waals surface area contributed by atoms with Gasteiger partial charge in [0.15, 0.2) is 6.10 Å². The molecule has 0 heterocycles. The molecule has 0 aliphatic carbocycles. The SMILES string of the molecule is CC(C)(C)SC(=O)O[C@H](CC(=O)O)C[N+](C)(C)C. The Morgan fingerprint density at radius 1 is 1.28 bits per heavy atom. The summed E-state index contributed by atoms with van der Waals surface area (Å²) < 4.78 is 5.55. The first-order chi connectivity index (χ1) is 7.89. The number of carboxylic acids is 1. The van der Waals surface area contributed by atoms with Gasteiger partial charge in [0.25, 0.3) is 0 Å². The van der Waals surface area contributed by atoms with E-state index in [1.54, 1.807) is 0 Å². The number of likely N-dealkylation sites (N-methyl/N-ethyl adjacent to an activating group) is 1. The van der Waals surface area contributed by atoms with Crippen molar-refractivity contribution < 1.29 is 23.9 Å². The van der Waals surface area contributed by atoms with E-state index in [2.05, 4.69) is 0 Å². The van der Waals surface area contributed by atoms with Gasteiger partial charge in [-0.3, -0.25) is 4.79 Å². The van der Waals surface area contributed by atoms with E-state index in [9.17, 15) is 9.59 Å². The van der Waals surface area contributed by atoms with Crippen LogP contribution in [0.5, 0.6) is 0 Å². The summed E-state index contributed by atoms with van der Waals surface area (Å²) in [6, 6.07) is 0. The molecule has 0 aromatic rings. The van der Waals surface area contributed by atoms with E-state index >= 15 is 0 Å². The molecule has 0 radical (unpaired) electrons. The third-order valence-corrected chi connectivity index (χ3v) is 2.68. The smallest absolute Gasteiger partial charge is 0.368 e. The highest BCUT2D eigenvalue weighted by molar-refractivity contribution is 8.14. The number of aliphatic carboxylic acids is 1. The van der Waals surface area contributed by atoms with Crippen molar-refractivity contribution in [3.8, 4) is 0 Å². The number of rotatable bonds is 5. The van der Waals surface area contributed by atoms with Crippen molar-refractivity contribution in [2.75, 3.05) is 27.7 Å². The van der Waals surface area contributed by atoms with E-state index in [1.165, 1.54) is 0 Å². The van der Waals surface area contributed by atoms with Gasteiger partial charge in [0.2, 0.25) is 0 Å². The molecule has 0 aliphatic heterocycles. The van der Waals surface area contributed by atoms with E-state index < -0.39 is 17.4 Å². The fourth-order valence-electron chi connectivity index (χ4n) is 1.36. The highest BCUT2D eigenvalue weighted by atomic mass is 32.2. The van der Waals surface area contributed by atoms with Gasteiger partial charge >= 0.3 is 11.3 Å². The van der Waals surface area contributed by atoms with Crippen LogP contribution >= 0.6 is 11.8 Å². The van der Waals surface area contributed by atoms with E-state index in [-0.39, 0.29) is 11.2 Å². The summed E-state index contributed by atoms with van der Waals surface area (Å²) in [5.74, 6) is -0.956. The van der Waals surface area contributed by atoms with Crippen molar-refractivity contribution in [2.45, 2.75) is 38.0 Å². The number of nitrogens with zero attached hydrogens (tertiary/aromatic N) is 1. The van der Waals surface area contributed by atoms with E-state index in [0.29, 0.717) is 11.0 Å². The Morgan fingerprint density at radius 2 is 1.78 bits per heavy atom. The maximum absolute atomic E-state index is 11.7. The van der Waals surface area contributed by atoms with E-state index in [4.69, 9.17) is 9.84 Å². The average molecular weight is 278 g/mol. The molecule has 106 valence electrons. The second kappa shape index (κ2) is 6.43. The van der Waals surface area contributed by atoms with Crippen LogP contribution in [0.2, 0.25) is 0 Å². The number of hydrogen-bond donors (Lipinski definition) is 1. The quantitative estimate of drug-likeness (QED) is 0.617. The largest absolute Gasteiger partial charge is 0.481 e. The lowest BCUT2D eigenvalue weighted by molar-refractivity contribution is -0.873. The lowest BCUT2D eigenvalue weighted by atomic mass is 10.2. The fourth-order valence-corrected chi connectivity index (χ4v) is 2.04. The second-order valence-electron chi connectivity index (χ2n) is 6.28. The lowest BCUT2D eigenvalue weighted by Gasteiger charge is -2.28. The Morgan fingerprint density at radius 3 is 2.11 bits per heavy atom. The zero-order chi connectivity index (χ0) is 14.6. The van der Waals surface area contributed by atoms with Gasteiger partial charge in [-0.05, 0) is 11.8 Å². The Labute approximate surface area is 113 Å². The summed E-state index contributed by atoms with van der Waals surface area (Å²) in [5.41, 5.74) is 0. The van der Waals surface area contributed by atoms with E-state index in [0.717, 1.165) is 11.8 Å². The number of carbonyl (C=O) groups is 2. The molecule has 5 nitrogen and oxygen atoms in total. The van der Waals surface area contributed by atoms with Crippen LogP contribution < -0.4 is 0 Å². The molecule has 0 bridgehead atoms. The average Bonchev–Trinajstić information content (AvgIpc) is 1.92. The van der Waals surface area contributed by atoms with E-state index in [1.807, 2.05) is 41.9 Å². The molecule has 0 saturated carbocycles. The van der Waals surface area contributed by atoms with Gasteiger partial charge in [-0.25, -0.2) is 4.79 Å². The Bertz CT molecular complexity index is 304. The number of hydrogen-bond acceptors (Lipinski definition) is 4. The highest BCUT2D eigenvalue weighted by Gasteiger charge is 2.27. The summed E-state index contributed by atoms with van der Waals surface area (Å²) in [4.78, 5) is 22.4. The van der Waals surface area contributed by atoms with Gasteiger partial charge in [-0.1, -0.05) is 20.8 Å². The minimum Gasteiger partial charge on any atom is -0.481 e. The zero-order valence-electron chi connectivity index (χ0n) is 12.0. The Kier molecular flexibility index (Phi) is 6.16. The number of carbonyl (C=O) groups excluding carboxylic acids is 1. The number of ether oxygens (including phenoxy) is 1. The molecule has 0 saturated heterocycles. The topological polar surface area (TPSA) is 63.6 Å². The normalized spacial score (nSPS) is 14.1. The first kappa shape index (κ1) is 17.2. The van der Waals surface area contributed by atoms with Crippen LogP contribution in [0.15, 0.2) is 0 Å². The van der Waals surface area contributed by atoms with Crippen molar-refractivity contribution in [2.24, 2.45) is 0 Å². The monoisotopic (exact) mass is 278 g/mol. The molecule has 0 aliphatic rings. The van der Waals surface area contributed by atoms with Crippen LogP contribution in [0.1, 0.15) is 27.2 Å². The van der Waals surface area contributed by atoms with Gasteiger partial charge in [-0.2, -0.15) is 0 Å². The maximum atomic E-state index is 11.7. The molecule has 0 rings (SSSR count). The second-order valence-corrected chi connectivity index (χ2v) is 8.04. The van der Waals surface area contributed by atoms with Gasteiger partial charge in [0.1, 0.15) is 6.54 Å². The standard InChI is InChI=1S/C12H23NO4S/c1-12(2,3)18-11(16)17-9(7-10(14)15)8-13(4,5)6/h9H,7-8H2,1-6H3/p+1/t9-/m1/s1. The van der Waals surface area contributed by atoms with Crippen LogP contribution in [0.4, 0.5) is 4.79 Å². The molecule has 0 unspecified atom stereocenters. The maximum Gasteiger partial charge on any atom is 0.368 e. The summed E-state index contributed by atoms with van der Waals surface area (Å²) in [7, 11) is 5.79. The minimum absolute atomic E-state index is 0.161. The van der Waals surface area contributed by atoms with Crippen LogP contribution in [-0.4, -0.2) is 59.4 Å². The zero-order valence-corrected chi connectivity index (χ0v) is 12.8. The Hall–Kier alpha value is -0.750. The van der Waals surface area contributed by atoms with Gasteiger partial charge < -0.3 is 14.3 Å². The van der Waals surface area contributed by atoms with Crippen molar-refractivity contribution in [1.82, 2.24) is 0 Å². The fraction of sp³-hybridized carbons (Fsp3) is 0.833. The predicted octanol–water partition coefficient (Wildman–Crippen LogP) is 2.20. The van der Waals surface area contributed by atoms with Crippen LogP contribution in [0, 0.1) is 0 Å². The van der Waals surface area contributed by atoms with Crippen LogP contribution in [0.25, 0.3) is 0 Å². The molecule has 1 atom stereocenters. The molecule has 1 N–H and O–H groups in total. The summed E-state index contributed by atoms with van der Waals surface area (Å²) in [6.45, 7) is 6.20. The molecular formula is C12H24NO4S+. The predicted molar refractivity (Wildman–Crippen MR) is 72.8 cm³/mol. The lowest BCUT2D eigenvalue weighted by Crippen LogP contribution is -2.43. The highest BCUT2D eigenvalue weighted by Crippen LogP contribution is 2.26. The molecule has 0 fully saturated rings. The van der Waals surface area contributed by atoms with Crippen LogP contribution in [-0.2, 0) is 9.53 Å². The third kappa shape index (κ3) is 10.4. The van der Waals surface area contributed by atoms with Gasteiger partial charge in [-0.15, -0.1) is 0 Å². The molecule has 0 aromatic heterocycles. The first-order valence-corrected chi connectivity index (χ1v) is 6.62. The number of thioether (sulfide) groups is 1. The number of carboxylic acid groups (broad SMARTS) is 1. The minimum atomic E-state index is -0.956. The van der Waals surface area contributed by atoms with Gasteiger partial charge in [0.05, 0.1) is 27.6 Å². The first-order valence-electron chi connectivity index (χ1n) is 5.81. The summed E-state index contributed by atoms with van der Waals surface area (Å²) >= 11 is 1.08. The summed E-state index contributed by atoms with van der Waals surface area (Å²) in [6.07, 6.45) is -0.753. The molecule has 0 spiro atoms. The van der Waals surface area contributed by atoms with Crippen molar-refractivity contribution in [3.63, 3.8) is 0 Å². The molecular weight excluding hydrogens is 254 g/mol. The molecule has 18 heavy (non-hydrogen) atoms. The molecule has 6 heteroatoms. The number of quaternary nitrogens is 1. The van der Waals surface area contributed by atoms with Crippen molar-refractivity contribution >= 4 is 23.0 Å². The third-order valence-electron chi connectivity index (χ3n) is 1.81. The molecule has 0 aromatic carbocycles. The van der Waals surface area contributed by atoms with Crippen molar-refractivity contribution in [3.05, 3.63) is 0 Å². The van der Waals surface area contributed by atoms with Gasteiger partial charge in [0, 0.05) is 4.75 Å².